The summed E-state index contributed by atoms with van der Waals surface area (Å²) in [5, 5.41) is 3.87. The first kappa shape index (κ1) is 25.9. The molecule has 1 aliphatic heterocycles. The number of fused-ring (bicyclic) bond motifs is 1. The van der Waals surface area contributed by atoms with Crippen LogP contribution in [0.25, 0.3) is 0 Å². The van der Waals surface area contributed by atoms with Gasteiger partial charge >= 0.3 is 6.18 Å². The van der Waals surface area contributed by atoms with Crippen LogP contribution in [0.5, 0.6) is 0 Å². The average Bonchev–Trinajstić information content (AvgIpc) is 3.25. The molecule has 0 fully saturated rings. The van der Waals surface area contributed by atoms with Crippen molar-refractivity contribution in [2.45, 2.75) is 29.1 Å². The highest BCUT2D eigenvalue weighted by atomic mass is 35.5. The molecule has 0 saturated heterocycles. The van der Waals surface area contributed by atoms with Crippen LogP contribution in [-0.4, -0.2) is 21.6 Å². The minimum Gasteiger partial charge on any atom is -0.330 e. The maximum Gasteiger partial charge on any atom is 0.431 e. The predicted molar refractivity (Wildman–Crippen MR) is 131 cm³/mol. The number of amides is 1. The second kappa shape index (κ2) is 10.1. The third-order valence-corrected chi connectivity index (χ3v) is 7.44. The number of benzene rings is 2. The van der Waals surface area contributed by atoms with E-state index in [1.165, 1.54) is 17.0 Å². The molecule has 3 aromatic rings. The van der Waals surface area contributed by atoms with Gasteiger partial charge in [0.2, 0.25) is 0 Å². The molecule has 0 spiro atoms. The number of hydrogen-bond acceptors (Lipinski definition) is 6. The fraction of sp³-hybridized carbons (Fsp3) is 0.136. The van der Waals surface area contributed by atoms with Gasteiger partial charge < -0.3 is 21.2 Å². The highest BCUT2D eigenvalue weighted by Gasteiger charge is 2.36. The molecule has 1 aliphatic rings. The Kier molecular flexibility index (Phi) is 7.23. The zero-order valence-corrected chi connectivity index (χ0v) is 20.4. The molecule has 14 heteroatoms. The van der Waals surface area contributed by atoms with Gasteiger partial charge in [0.05, 0.1) is 10.0 Å². The second-order valence-corrected chi connectivity index (χ2v) is 9.54. The number of aromatic amines is 1. The summed E-state index contributed by atoms with van der Waals surface area (Å²) in [5.41, 5.74) is 1.53. The number of pyridine rings is 1. The third-order valence-electron chi connectivity index (χ3n) is 5.40. The lowest BCUT2D eigenvalue weighted by Crippen LogP contribution is -2.33. The van der Waals surface area contributed by atoms with Gasteiger partial charge in [-0.2, -0.15) is 18.3 Å². The van der Waals surface area contributed by atoms with Crippen molar-refractivity contribution in [3.8, 4) is 0 Å². The molecule has 6 N–H and O–H groups in total. The number of nitrogens with two attached hydrogens (primary N) is 2. The average molecular weight is 557 g/mol. The molecular formula is C22H17Cl2F3N6O2S. The molecule has 4 rings (SSSR count). The standard InChI is InChI=1S/C22H17Cl2F3N6O2S/c23-13-2-1-3-14(24)18(13)36-15-7-16(22(25,26)27)30-20(34)17(15)21(35)33-8-11-5-4-10(6-12(11)9-33)19(31-28)32-29/h1-7H,8-9,28-29H2,(H,30,34)(H,31,32). The van der Waals surface area contributed by atoms with Crippen LogP contribution in [0, 0.1) is 0 Å². The highest BCUT2D eigenvalue weighted by molar-refractivity contribution is 7.99. The minimum atomic E-state index is -4.85. The predicted octanol–water partition coefficient (Wildman–Crippen LogP) is 4.09. The van der Waals surface area contributed by atoms with E-state index in [2.05, 4.69) is 10.5 Å². The Morgan fingerprint density at radius 3 is 2.39 bits per heavy atom. The molecule has 1 amide bonds. The number of H-pyrrole nitrogens is 1. The largest absolute Gasteiger partial charge is 0.431 e. The summed E-state index contributed by atoms with van der Waals surface area (Å²) in [6, 6.07) is 10.4. The smallest absolute Gasteiger partial charge is 0.330 e. The Hall–Kier alpha value is -3.19. The Morgan fingerprint density at radius 1 is 1.11 bits per heavy atom. The van der Waals surface area contributed by atoms with E-state index < -0.39 is 28.9 Å². The van der Waals surface area contributed by atoms with E-state index in [1.54, 1.807) is 29.2 Å². The zero-order valence-electron chi connectivity index (χ0n) is 18.1. The van der Waals surface area contributed by atoms with Crippen LogP contribution in [-0.2, 0) is 19.3 Å². The fourth-order valence-electron chi connectivity index (χ4n) is 3.70. The van der Waals surface area contributed by atoms with Gasteiger partial charge in [0.1, 0.15) is 11.3 Å². The Morgan fingerprint density at radius 2 is 1.78 bits per heavy atom. The number of hydrazone groups is 1. The number of nitrogens with zero attached hydrogens (tertiary/aromatic N) is 2. The molecule has 0 saturated carbocycles. The summed E-state index contributed by atoms with van der Waals surface area (Å²) in [6.45, 7) is 0.235. The van der Waals surface area contributed by atoms with E-state index in [4.69, 9.17) is 34.9 Å². The molecule has 1 aromatic heterocycles. The van der Waals surface area contributed by atoms with Crippen molar-refractivity contribution in [1.82, 2.24) is 15.3 Å². The van der Waals surface area contributed by atoms with Crippen molar-refractivity contribution < 1.29 is 18.0 Å². The Labute approximate surface area is 216 Å². The van der Waals surface area contributed by atoms with Gasteiger partial charge in [-0.15, -0.1) is 0 Å². The van der Waals surface area contributed by atoms with E-state index in [0.29, 0.717) is 23.4 Å². The van der Waals surface area contributed by atoms with Gasteiger partial charge in [-0.3, -0.25) is 9.59 Å². The number of carbonyl (C=O) groups excluding carboxylic acids is 1. The highest BCUT2D eigenvalue weighted by Crippen LogP contribution is 2.41. The second-order valence-electron chi connectivity index (χ2n) is 7.67. The van der Waals surface area contributed by atoms with Crippen molar-refractivity contribution in [3.05, 3.63) is 90.8 Å². The molecule has 0 bridgehead atoms. The maximum absolute atomic E-state index is 13.5. The van der Waals surface area contributed by atoms with E-state index in [0.717, 1.165) is 11.1 Å². The number of hydrazine groups is 1. The quantitative estimate of drug-likeness (QED) is 0.166. The van der Waals surface area contributed by atoms with Crippen LogP contribution in [0.3, 0.4) is 0 Å². The van der Waals surface area contributed by atoms with Crippen LogP contribution >= 0.6 is 35.0 Å². The van der Waals surface area contributed by atoms with Crippen LogP contribution in [0.1, 0.15) is 32.7 Å². The van der Waals surface area contributed by atoms with Crippen molar-refractivity contribution in [2.75, 3.05) is 0 Å². The molecule has 2 heterocycles. The number of rotatable bonds is 4. The normalized spacial score (nSPS) is 13.6. The number of amidine groups is 1. The number of carbonyl (C=O) groups is 1. The summed E-state index contributed by atoms with van der Waals surface area (Å²) in [4.78, 5) is 29.4. The number of aromatic nitrogens is 1. The first-order chi connectivity index (χ1) is 17.0. The molecule has 2 aromatic carbocycles. The number of hydrogen-bond donors (Lipinski definition) is 4. The van der Waals surface area contributed by atoms with Crippen molar-refractivity contribution in [1.29, 1.82) is 0 Å². The molecule has 0 aliphatic carbocycles. The van der Waals surface area contributed by atoms with Gasteiger partial charge in [0.25, 0.3) is 11.5 Å². The Balaban J connectivity index is 1.74. The summed E-state index contributed by atoms with van der Waals surface area (Å²) < 4.78 is 40.4. The molecule has 8 nitrogen and oxygen atoms in total. The molecule has 188 valence electrons. The topological polar surface area (TPSA) is 130 Å². The van der Waals surface area contributed by atoms with Crippen molar-refractivity contribution in [3.63, 3.8) is 0 Å². The summed E-state index contributed by atoms with van der Waals surface area (Å²) in [7, 11) is 0. The van der Waals surface area contributed by atoms with Crippen LogP contribution < -0.4 is 22.7 Å². The van der Waals surface area contributed by atoms with Crippen LogP contribution in [0.15, 0.2) is 62.2 Å². The van der Waals surface area contributed by atoms with Gasteiger partial charge in [-0.25, -0.2) is 5.84 Å². The maximum atomic E-state index is 13.5. The van der Waals surface area contributed by atoms with Crippen LogP contribution in [0.2, 0.25) is 10.0 Å². The lowest BCUT2D eigenvalue weighted by atomic mass is 10.1. The SMILES string of the molecule is N/N=C(\NN)c1ccc2c(c1)CN(C(=O)c1c(Sc3c(Cl)cccc3Cl)cc(C(F)(F)F)[nH]c1=O)C2. The number of halogens is 5. The van der Waals surface area contributed by atoms with Crippen molar-refractivity contribution >= 4 is 46.7 Å². The Bertz CT molecular complexity index is 1420. The fourth-order valence-corrected chi connectivity index (χ4v) is 5.34. The molecule has 0 radical (unpaired) electrons. The lowest BCUT2D eigenvalue weighted by Gasteiger charge is -2.18. The van der Waals surface area contributed by atoms with E-state index in [1.807, 2.05) is 0 Å². The van der Waals surface area contributed by atoms with Gasteiger partial charge in [0, 0.05) is 28.4 Å². The molecule has 0 atom stereocenters. The number of nitrogens with one attached hydrogen (secondary N) is 2. The van der Waals surface area contributed by atoms with E-state index >= 15 is 0 Å². The lowest BCUT2D eigenvalue weighted by molar-refractivity contribution is -0.141. The van der Waals surface area contributed by atoms with Gasteiger partial charge in [0.15, 0.2) is 5.84 Å². The summed E-state index contributed by atoms with van der Waals surface area (Å²) in [6.07, 6.45) is -4.85. The molecule has 36 heavy (non-hydrogen) atoms. The molecular weight excluding hydrogens is 540 g/mol. The first-order valence-corrected chi connectivity index (χ1v) is 11.7. The number of alkyl halides is 3. The van der Waals surface area contributed by atoms with Gasteiger partial charge in [-0.1, -0.05) is 53.2 Å². The zero-order chi connectivity index (χ0) is 26.2. The monoisotopic (exact) mass is 556 g/mol. The first-order valence-electron chi connectivity index (χ1n) is 10.2. The minimum absolute atomic E-state index is 0.0991. The summed E-state index contributed by atoms with van der Waals surface area (Å²) in [5.74, 6) is 10.2. The van der Waals surface area contributed by atoms with Gasteiger partial charge in [-0.05, 0) is 35.4 Å². The van der Waals surface area contributed by atoms with Crippen LogP contribution in [0.4, 0.5) is 13.2 Å². The van der Waals surface area contributed by atoms with Crippen molar-refractivity contribution in [2.24, 2.45) is 16.8 Å². The third kappa shape index (κ3) is 5.03. The molecule has 0 unspecified atom stereocenters. The van der Waals surface area contributed by atoms with E-state index in [9.17, 15) is 22.8 Å². The van der Waals surface area contributed by atoms with E-state index in [-0.39, 0.29) is 38.8 Å². The summed E-state index contributed by atoms with van der Waals surface area (Å²) >= 11 is 13.1.